The van der Waals surface area contributed by atoms with E-state index >= 15 is 0 Å². The molecule has 1 fully saturated rings. The first-order valence-electron chi connectivity index (χ1n) is 9.63. The van der Waals surface area contributed by atoms with Gasteiger partial charge in [-0.15, -0.1) is 0 Å². The minimum absolute atomic E-state index is 0.0835. The highest BCUT2D eigenvalue weighted by Crippen LogP contribution is 2.45. The van der Waals surface area contributed by atoms with E-state index in [0.29, 0.717) is 12.5 Å². The molecule has 0 aliphatic carbocycles. The molecular formula is C20H27ClFN2O5PS. The molecule has 3 N–H and O–H groups in total. The first-order chi connectivity index (χ1) is 14.6. The van der Waals surface area contributed by atoms with E-state index in [1.165, 1.54) is 12.0 Å². The number of rotatable bonds is 8. The Labute approximate surface area is 192 Å². The fourth-order valence-corrected chi connectivity index (χ4v) is 5.79. The van der Waals surface area contributed by atoms with Gasteiger partial charge in [0.2, 0.25) is 5.91 Å². The van der Waals surface area contributed by atoms with Crippen molar-refractivity contribution in [1.29, 1.82) is 0 Å². The number of hydrogen-bond acceptors (Lipinski definition) is 6. The number of carbonyl (C=O) groups excluding carboxylic acids is 2. The zero-order valence-corrected chi connectivity index (χ0v) is 19.9. The Morgan fingerprint density at radius 2 is 2.19 bits per heavy atom. The van der Waals surface area contributed by atoms with Gasteiger partial charge in [-0.2, -0.15) is 0 Å². The number of carbonyl (C=O) groups is 2. The van der Waals surface area contributed by atoms with Gasteiger partial charge in [0, 0.05) is 32.6 Å². The standard InChI is InChI=1S/C20H27ClFN2O5PS/c1-11-5-17(31-29-8-11)20(27)23-16-7-19(26)30(10-12(16)2)24-18(25)9-28-13(3)6-15(22)14(4)21/h6,10-11,16-17,19,26H,3-5,7-9H2,1-2H3,(H,23,27)(H,24,25)/b15-6+. The Bertz CT molecular complexity index is 794. The second-order valence-electron chi connectivity index (χ2n) is 7.46. The highest BCUT2D eigenvalue weighted by atomic mass is 35.5. The Hall–Kier alpha value is -1.38. The van der Waals surface area contributed by atoms with Gasteiger partial charge in [0.1, 0.15) is 16.8 Å². The summed E-state index contributed by atoms with van der Waals surface area (Å²) in [6.07, 6.45) is 1.95. The molecule has 0 radical (unpaired) electrons. The van der Waals surface area contributed by atoms with Crippen molar-refractivity contribution in [3.8, 4) is 0 Å². The summed E-state index contributed by atoms with van der Waals surface area (Å²) in [5.41, 5.74) is 0.857. The summed E-state index contributed by atoms with van der Waals surface area (Å²) < 4.78 is 23.8. The average Bonchev–Trinajstić information content (AvgIpc) is 2.70. The largest absolute Gasteiger partial charge is 0.484 e. The number of allylic oxidation sites excluding steroid dienone is 3. The molecule has 0 saturated carbocycles. The van der Waals surface area contributed by atoms with Crippen molar-refractivity contribution in [3.63, 3.8) is 0 Å². The van der Waals surface area contributed by atoms with E-state index in [2.05, 4.69) is 23.6 Å². The predicted molar refractivity (Wildman–Crippen MR) is 122 cm³/mol. The number of aliphatic hydroxyl groups excluding tert-OH is 1. The highest BCUT2D eigenvalue weighted by Gasteiger charge is 2.33. The van der Waals surface area contributed by atoms with Crippen LogP contribution >= 0.6 is 31.7 Å². The van der Waals surface area contributed by atoms with Gasteiger partial charge in [0.05, 0.1) is 23.5 Å². The third kappa shape index (κ3) is 8.24. The SMILES string of the molecule is C=C(/C=C(/F)C(=C)Cl)OCC(=O)NP1C=C(C)C(NC(=O)C2CC(C)COS2)CC1O. The summed E-state index contributed by atoms with van der Waals surface area (Å²) in [7, 11) is -1.36. The van der Waals surface area contributed by atoms with Crippen molar-refractivity contribution >= 4 is 43.5 Å². The molecule has 172 valence electrons. The third-order valence-corrected chi connectivity index (χ3v) is 7.75. The van der Waals surface area contributed by atoms with Gasteiger partial charge in [-0.1, -0.05) is 31.7 Å². The fourth-order valence-electron chi connectivity index (χ4n) is 2.91. The van der Waals surface area contributed by atoms with Crippen LogP contribution < -0.4 is 10.4 Å². The number of amides is 2. The highest BCUT2D eigenvalue weighted by molar-refractivity contribution is 7.96. The van der Waals surface area contributed by atoms with Gasteiger partial charge < -0.3 is 24.4 Å². The van der Waals surface area contributed by atoms with Crippen LogP contribution in [-0.4, -0.2) is 47.3 Å². The Morgan fingerprint density at radius 1 is 1.48 bits per heavy atom. The maximum atomic E-state index is 13.3. The minimum Gasteiger partial charge on any atom is -0.484 e. The average molecular weight is 493 g/mol. The number of aliphatic hydroxyl groups is 1. The maximum absolute atomic E-state index is 13.3. The van der Waals surface area contributed by atoms with E-state index in [-0.39, 0.29) is 34.4 Å². The van der Waals surface area contributed by atoms with Crippen molar-refractivity contribution < 1.29 is 28.0 Å². The number of hydrogen-bond donors (Lipinski definition) is 3. The lowest BCUT2D eigenvalue weighted by Gasteiger charge is -2.33. The number of halogens is 2. The summed E-state index contributed by atoms with van der Waals surface area (Å²) >= 11 is 6.59. The van der Waals surface area contributed by atoms with Crippen molar-refractivity contribution in [2.24, 2.45) is 5.92 Å². The lowest BCUT2D eigenvalue weighted by atomic mass is 10.0. The van der Waals surface area contributed by atoms with E-state index in [4.69, 9.17) is 20.5 Å². The Morgan fingerprint density at radius 3 is 2.84 bits per heavy atom. The van der Waals surface area contributed by atoms with E-state index in [0.717, 1.165) is 18.1 Å². The van der Waals surface area contributed by atoms with Crippen molar-refractivity contribution in [3.05, 3.63) is 47.2 Å². The molecule has 7 nitrogen and oxygen atoms in total. The molecule has 2 aliphatic heterocycles. The van der Waals surface area contributed by atoms with Crippen LogP contribution in [0, 0.1) is 5.92 Å². The number of nitrogens with one attached hydrogen (secondary N) is 2. The lowest BCUT2D eigenvalue weighted by Crippen LogP contribution is -2.45. The molecule has 2 aliphatic rings. The Kier molecular flexibility index (Phi) is 10.0. The normalized spacial score (nSPS) is 28.9. The van der Waals surface area contributed by atoms with Crippen molar-refractivity contribution in [2.45, 2.75) is 43.8 Å². The molecule has 0 aromatic carbocycles. The summed E-state index contributed by atoms with van der Waals surface area (Å²) in [6, 6.07) is -0.316. The molecule has 2 rings (SSSR count). The van der Waals surface area contributed by atoms with Gasteiger partial charge in [0.15, 0.2) is 6.61 Å². The molecule has 2 heterocycles. The van der Waals surface area contributed by atoms with Crippen LogP contribution in [-0.2, 0) is 18.5 Å². The van der Waals surface area contributed by atoms with Gasteiger partial charge in [-0.25, -0.2) is 4.39 Å². The monoisotopic (exact) mass is 492 g/mol. The van der Waals surface area contributed by atoms with E-state index < -0.39 is 32.3 Å². The van der Waals surface area contributed by atoms with Gasteiger partial charge in [-0.3, -0.25) is 9.59 Å². The topological polar surface area (TPSA) is 96.9 Å². The van der Waals surface area contributed by atoms with E-state index in [9.17, 15) is 19.1 Å². The van der Waals surface area contributed by atoms with Gasteiger partial charge in [0.25, 0.3) is 5.91 Å². The molecule has 1 saturated heterocycles. The van der Waals surface area contributed by atoms with Gasteiger partial charge >= 0.3 is 0 Å². The zero-order valence-electron chi connectivity index (χ0n) is 17.4. The van der Waals surface area contributed by atoms with Crippen LogP contribution in [0.15, 0.2) is 47.2 Å². The molecule has 2 amide bonds. The Balaban J connectivity index is 1.86. The summed E-state index contributed by atoms with van der Waals surface area (Å²) in [5, 5.41) is 15.6. The third-order valence-electron chi connectivity index (χ3n) is 4.61. The molecule has 31 heavy (non-hydrogen) atoms. The molecule has 5 atom stereocenters. The van der Waals surface area contributed by atoms with Crippen LogP contribution in [0.4, 0.5) is 4.39 Å². The zero-order chi connectivity index (χ0) is 23.1. The fraction of sp³-hybridized carbons (Fsp3) is 0.500. The summed E-state index contributed by atoms with van der Waals surface area (Å²) in [6.45, 7) is 10.8. The van der Waals surface area contributed by atoms with Gasteiger partial charge in [-0.05, 0) is 30.7 Å². The molecule has 0 spiro atoms. The molecule has 11 heteroatoms. The van der Waals surface area contributed by atoms with Crippen LogP contribution in [0.3, 0.4) is 0 Å². The van der Waals surface area contributed by atoms with Crippen molar-refractivity contribution in [2.75, 3.05) is 13.2 Å². The summed E-state index contributed by atoms with van der Waals surface area (Å²) in [4.78, 5) is 24.7. The van der Waals surface area contributed by atoms with Crippen LogP contribution in [0.1, 0.15) is 26.7 Å². The van der Waals surface area contributed by atoms with E-state index in [1.807, 2.05) is 13.8 Å². The minimum atomic E-state index is -1.36. The first kappa shape index (κ1) is 25.9. The van der Waals surface area contributed by atoms with Crippen LogP contribution in [0.5, 0.6) is 0 Å². The summed E-state index contributed by atoms with van der Waals surface area (Å²) in [5.74, 6) is -0.247. The van der Waals surface area contributed by atoms with E-state index in [1.54, 1.807) is 5.82 Å². The smallest absolute Gasteiger partial charge is 0.261 e. The predicted octanol–water partition coefficient (Wildman–Crippen LogP) is 3.82. The molecule has 5 unspecified atom stereocenters. The second-order valence-corrected chi connectivity index (χ2v) is 10.8. The second kappa shape index (κ2) is 12.0. The quantitative estimate of drug-likeness (QED) is 0.206. The van der Waals surface area contributed by atoms with Crippen LogP contribution in [0.25, 0.3) is 0 Å². The molecular weight excluding hydrogens is 466 g/mol. The van der Waals surface area contributed by atoms with Crippen LogP contribution in [0.2, 0.25) is 0 Å². The maximum Gasteiger partial charge on any atom is 0.261 e. The molecule has 0 bridgehead atoms. The van der Waals surface area contributed by atoms with Crippen molar-refractivity contribution in [1.82, 2.24) is 10.4 Å². The lowest BCUT2D eigenvalue weighted by molar-refractivity contribution is -0.123. The molecule has 0 aromatic heterocycles. The first-order valence-corrected chi connectivity index (χ1v) is 12.3. The number of ether oxygens (including phenoxy) is 1. The molecule has 0 aromatic rings.